The van der Waals surface area contributed by atoms with Crippen LogP contribution in [-0.4, -0.2) is 14.0 Å². The summed E-state index contributed by atoms with van der Waals surface area (Å²) in [7, 11) is -3.67. The van der Waals surface area contributed by atoms with Crippen LogP contribution in [-0.2, 0) is 10.0 Å². The van der Waals surface area contributed by atoms with Gasteiger partial charge in [-0.2, -0.15) is 5.26 Å². The summed E-state index contributed by atoms with van der Waals surface area (Å²) in [6, 6.07) is 6.16. The van der Waals surface area contributed by atoms with Crippen molar-refractivity contribution in [3.8, 4) is 6.07 Å². The van der Waals surface area contributed by atoms with Crippen LogP contribution in [0.25, 0.3) is 0 Å². The second kappa shape index (κ2) is 5.72. The van der Waals surface area contributed by atoms with Crippen molar-refractivity contribution < 1.29 is 8.42 Å². The van der Waals surface area contributed by atoms with E-state index >= 15 is 0 Å². The number of nitriles is 1. The molecule has 0 amide bonds. The third-order valence-corrected chi connectivity index (χ3v) is 5.81. The SMILES string of the molecule is CC1(NS(=O)(=O)c2ccc(C#N)cc2Cl)CCCCC1. The van der Waals surface area contributed by atoms with Crippen LogP contribution in [0.1, 0.15) is 44.6 Å². The van der Waals surface area contributed by atoms with Gasteiger partial charge in [0, 0.05) is 5.54 Å². The average molecular weight is 313 g/mol. The molecule has 1 aliphatic rings. The Labute approximate surface area is 124 Å². The molecule has 0 radical (unpaired) electrons. The molecular formula is C14H17ClN2O2S. The van der Waals surface area contributed by atoms with Gasteiger partial charge in [-0.3, -0.25) is 0 Å². The maximum absolute atomic E-state index is 12.4. The molecule has 1 saturated carbocycles. The summed E-state index contributed by atoms with van der Waals surface area (Å²) >= 11 is 5.99. The summed E-state index contributed by atoms with van der Waals surface area (Å²) in [6.45, 7) is 1.93. The second-order valence-electron chi connectivity index (χ2n) is 5.48. The summed E-state index contributed by atoms with van der Waals surface area (Å²) in [5.41, 5.74) is -0.0632. The molecule has 108 valence electrons. The molecule has 1 aromatic rings. The maximum Gasteiger partial charge on any atom is 0.242 e. The first-order valence-electron chi connectivity index (χ1n) is 6.60. The molecule has 0 spiro atoms. The minimum Gasteiger partial charge on any atom is -0.207 e. The normalized spacial score (nSPS) is 18.4. The van der Waals surface area contributed by atoms with E-state index in [0.29, 0.717) is 5.56 Å². The van der Waals surface area contributed by atoms with Crippen LogP contribution in [0.15, 0.2) is 23.1 Å². The number of hydrogen-bond acceptors (Lipinski definition) is 3. The maximum atomic E-state index is 12.4. The fraction of sp³-hybridized carbons (Fsp3) is 0.500. The average Bonchev–Trinajstić information content (AvgIpc) is 2.37. The smallest absolute Gasteiger partial charge is 0.207 e. The molecule has 0 bridgehead atoms. The van der Waals surface area contributed by atoms with Gasteiger partial charge in [0.25, 0.3) is 0 Å². The van der Waals surface area contributed by atoms with Gasteiger partial charge in [0.05, 0.1) is 16.7 Å². The summed E-state index contributed by atoms with van der Waals surface area (Å²) in [5, 5.41) is 8.86. The van der Waals surface area contributed by atoms with Gasteiger partial charge in [-0.25, -0.2) is 13.1 Å². The highest BCUT2D eigenvalue weighted by molar-refractivity contribution is 7.89. The molecule has 6 heteroatoms. The van der Waals surface area contributed by atoms with Gasteiger partial charge >= 0.3 is 0 Å². The number of nitrogens with one attached hydrogen (secondary N) is 1. The summed E-state index contributed by atoms with van der Waals surface area (Å²) in [5.74, 6) is 0. The number of halogens is 1. The van der Waals surface area contributed by atoms with Gasteiger partial charge in [0.15, 0.2) is 0 Å². The standard InChI is InChI=1S/C14H17ClN2O2S/c1-14(7-3-2-4-8-14)17-20(18,19)13-6-5-11(10-16)9-12(13)15/h5-6,9,17H,2-4,7-8H2,1H3. The largest absolute Gasteiger partial charge is 0.242 e. The van der Waals surface area contributed by atoms with Crippen molar-refractivity contribution in [1.29, 1.82) is 5.26 Å². The Morgan fingerprint density at radius 1 is 1.30 bits per heavy atom. The number of benzene rings is 1. The van der Waals surface area contributed by atoms with E-state index in [9.17, 15) is 8.42 Å². The zero-order valence-electron chi connectivity index (χ0n) is 11.3. The second-order valence-corrected chi connectivity index (χ2v) is 7.54. The van der Waals surface area contributed by atoms with Crippen molar-refractivity contribution >= 4 is 21.6 Å². The molecule has 0 atom stereocenters. The fourth-order valence-corrected chi connectivity index (χ4v) is 4.61. The van der Waals surface area contributed by atoms with Gasteiger partial charge < -0.3 is 0 Å². The predicted molar refractivity (Wildman–Crippen MR) is 78.0 cm³/mol. The van der Waals surface area contributed by atoms with Crippen LogP contribution in [0.5, 0.6) is 0 Å². The molecule has 4 nitrogen and oxygen atoms in total. The molecule has 2 rings (SSSR count). The monoisotopic (exact) mass is 312 g/mol. The van der Waals surface area contributed by atoms with Gasteiger partial charge in [0.1, 0.15) is 4.90 Å². The minimum atomic E-state index is -3.67. The number of hydrogen-bond donors (Lipinski definition) is 1. The first kappa shape index (κ1) is 15.3. The lowest BCUT2D eigenvalue weighted by Crippen LogP contribution is -2.47. The number of sulfonamides is 1. The molecule has 0 aromatic heterocycles. The van der Waals surface area contributed by atoms with Crippen molar-refractivity contribution in [2.75, 3.05) is 0 Å². The van der Waals surface area contributed by atoms with Gasteiger partial charge in [-0.15, -0.1) is 0 Å². The van der Waals surface area contributed by atoms with Crippen LogP contribution in [0.4, 0.5) is 0 Å². The van der Waals surface area contributed by atoms with Crippen LogP contribution < -0.4 is 4.72 Å². The third-order valence-electron chi connectivity index (χ3n) is 3.69. The molecule has 0 unspecified atom stereocenters. The lowest BCUT2D eigenvalue weighted by molar-refractivity contribution is 0.294. The molecule has 1 aromatic carbocycles. The van der Waals surface area contributed by atoms with Crippen LogP contribution in [0, 0.1) is 11.3 Å². The Balaban J connectivity index is 2.29. The van der Waals surface area contributed by atoms with Crippen LogP contribution in [0.2, 0.25) is 5.02 Å². The zero-order valence-corrected chi connectivity index (χ0v) is 12.9. The highest BCUT2D eigenvalue weighted by Gasteiger charge is 2.32. The van der Waals surface area contributed by atoms with E-state index in [2.05, 4.69) is 4.72 Å². The van der Waals surface area contributed by atoms with Gasteiger partial charge in [-0.05, 0) is 38.0 Å². The van der Waals surface area contributed by atoms with Crippen molar-refractivity contribution in [1.82, 2.24) is 4.72 Å². The van der Waals surface area contributed by atoms with E-state index in [1.54, 1.807) is 0 Å². The molecule has 0 aliphatic heterocycles. The molecular weight excluding hydrogens is 296 g/mol. The van der Waals surface area contributed by atoms with Crippen molar-refractivity contribution in [2.24, 2.45) is 0 Å². The Morgan fingerprint density at radius 3 is 2.50 bits per heavy atom. The molecule has 20 heavy (non-hydrogen) atoms. The predicted octanol–water partition coefficient (Wildman–Crippen LogP) is 3.21. The molecule has 0 heterocycles. The summed E-state index contributed by atoms with van der Waals surface area (Å²) in [4.78, 5) is 0.0324. The van der Waals surface area contributed by atoms with E-state index in [4.69, 9.17) is 16.9 Å². The first-order chi connectivity index (χ1) is 9.36. The first-order valence-corrected chi connectivity index (χ1v) is 8.46. The Kier molecular flexibility index (Phi) is 4.38. The van der Waals surface area contributed by atoms with E-state index in [-0.39, 0.29) is 9.92 Å². The number of rotatable bonds is 3. The highest BCUT2D eigenvalue weighted by Crippen LogP contribution is 2.30. The molecule has 1 fully saturated rings. The van der Waals surface area contributed by atoms with E-state index in [1.807, 2.05) is 13.0 Å². The van der Waals surface area contributed by atoms with E-state index in [0.717, 1.165) is 32.1 Å². The third kappa shape index (κ3) is 3.32. The summed E-state index contributed by atoms with van der Waals surface area (Å²) < 4.78 is 27.7. The summed E-state index contributed by atoms with van der Waals surface area (Å²) in [6.07, 6.45) is 4.87. The molecule has 1 N–H and O–H groups in total. The van der Waals surface area contributed by atoms with Gasteiger partial charge in [-0.1, -0.05) is 30.9 Å². The van der Waals surface area contributed by atoms with Gasteiger partial charge in [0.2, 0.25) is 10.0 Å². The minimum absolute atomic E-state index is 0.0324. The van der Waals surface area contributed by atoms with Crippen molar-refractivity contribution in [3.63, 3.8) is 0 Å². The quantitative estimate of drug-likeness (QED) is 0.931. The van der Waals surface area contributed by atoms with Crippen LogP contribution in [0.3, 0.4) is 0 Å². The van der Waals surface area contributed by atoms with Crippen molar-refractivity contribution in [2.45, 2.75) is 49.5 Å². The Bertz CT molecular complexity index is 644. The number of nitrogens with zero attached hydrogens (tertiary/aromatic N) is 1. The van der Waals surface area contributed by atoms with E-state index in [1.165, 1.54) is 18.2 Å². The van der Waals surface area contributed by atoms with E-state index < -0.39 is 15.6 Å². The fourth-order valence-electron chi connectivity index (χ4n) is 2.60. The van der Waals surface area contributed by atoms with Crippen LogP contribution >= 0.6 is 11.6 Å². The molecule has 0 saturated heterocycles. The lowest BCUT2D eigenvalue weighted by atomic mass is 9.84. The topological polar surface area (TPSA) is 70.0 Å². The Morgan fingerprint density at radius 2 is 1.95 bits per heavy atom. The zero-order chi connectivity index (χ0) is 14.8. The highest BCUT2D eigenvalue weighted by atomic mass is 35.5. The lowest BCUT2D eigenvalue weighted by Gasteiger charge is -2.34. The van der Waals surface area contributed by atoms with Crippen molar-refractivity contribution in [3.05, 3.63) is 28.8 Å². The molecule has 1 aliphatic carbocycles. The Hall–Kier alpha value is -1.09.